The summed E-state index contributed by atoms with van der Waals surface area (Å²) < 4.78 is 6.50. The van der Waals surface area contributed by atoms with E-state index < -0.39 is 11.6 Å². The summed E-state index contributed by atoms with van der Waals surface area (Å²) in [5, 5.41) is 0. The van der Waals surface area contributed by atoms with Crippen molar-refractivity contribution in [3.8, 4) is 23.1 Å². The van der Waals surface area contributed by atoms with Gasteiger partial charge in [-0.3, -0.25) is 4.79 Å². The summed E-state index contributed by atoms with van der Waals surface area (Å²) in [4.78, 5) is 40.2. The summed E-state index contributed by atoms with van der Waals surface area (Å²) in [5.74, 6) is -0.263. The van der Waals surface area contributed by atoms with Gasteiger partial charge in [-0.25, -0.2) is 24.3 Å². The molecule has 4 aromatic rings. The number of methoxy groups -OCH3 is 1. The number of nitrogens with two attached hydrogens (primary N) is 1. The number of amides is 1. The SMILES string of the molecule is COc1cccc(-c2nc(C(N)=O)c3[nH]c(=O)n(-c4ccc(C)cc4)c3n2)n1. The number of aromatic nitrogens is 5. The van der Waals surface area contributed by atoms with Crippen LogP contribution in [0.1, 0.15) is 16.1 Å². The van der Waals surface area contributed by atoms with Gasteiger partial charge in [-0.2, -0.15) is 0 Å². The molecule has 0 unspecified atom stereocenters. The van der Waals surface area contributed by atoms with Crippen molar-refractivity contribution in [2.24, 2.45) is 5.73 Å². The smallest absolute Gasteiger partial charge is 0.332 e. The second kappa shape index (κ2) is 6.62. The third-order valence-electron chi connectivity index (χ3n) is 4.22. The van der Waals surface area contributed by atoms with Crippen molar-refractivity contribution in [3.63, 3.8) is 0 Å². The van der Waals surface area contributed by atoms with E-state index in [2.05, 4.69) is 19.9 Å². The molecule has 3 heterocycles. The number of carbonyl (C=O) groups excluding carboxylic acids is 1. The van der Waals surface area contributed by atoms with E-state index in [0.29, 0.717) is 17.3 Å². The molecule has 0 fully saturated rings. The van der Waals surface area contributed by atoms with Gasteiger partial charge in [-0.05, 0) is 25.1 Å². The van der Waals surface area contributed by atoms with E-state index in [-0.39, 0.29) is 22.7 Å². The van der Waals surface area contributed by atoms with Crippen LogP contribution in [0.4, 0.5) is 0 Å². The van der Waals surface area contributed by atoms with Gasteiger partial charge in [-0.15, -0.1) is 0 Å². The van der Waals surface area contributed by atoms with Gasteiger partial charge in [0.2, 0.25) is 5.88 Å². The molecule has 0 saturated carbocycles. The van der Waals surface area contributed by atoms with Crippen LogP contribution >= 0.6 is 0 Å². The molecule has 140 valence electrons. The number of aryl methyl sites for hydroxylation is 1. The molecule has 1 aromatic carbocycles. The number of hydrogen-bond donors (Lipinski definition) is 2. The Bertz CT molecular complexity index is 1260. The predicted octanol–water partition coefficient (Wildman–Crippen LogP) is 1.59. The fourth-order valence-electron chi connectivity index (χ4n) is 2.86. The first-order valence-corrected chi connectivity index (χ1v) is 8.39. The van der Waals surface area contributed by atoms with Crippen LogP contribution in [0.3, 0.4) is 0 Å². The standard InChI is InChI=1S/C19H16N6O3/c1-10-6-8-11(9-7-10)25-18-15(23-19(25)27)14(16(20)26)22-17(24-18)12-4-3-5-13(21-12)28-2/h3-9H,1-2H3,(H2,20,26)(H,23,27). The van der Waals surface area contributed by atoms with Crippen molar-refractivity contribution in [2.45, 2.75) is 6.92 Å². The number of primary amides is 1. The molecule has 3 aromatic heterocycles. The summed E-state index contributed by atoms with van der Waals surface area (Å²) in [6.45, 7) is 1.95. The monoisotopic (exact) mass is 376 g/mol. The normalized spacial score (nSPS) is 10.9. The molecule has 1 amide bonds. The zero-order valence-electron chi connectivity index (χ0n) is 15.1. The van der Waals surface area contributed by atoms with Gasteiger partial charge >= 0.3 is 5.69 Å². The number of fused-ring (bicyclic) bond motifs is 1. The molecule has 9 nitrogen and oxygen atoms in total. The van der Waals surface area contributed by atoms with E-state index in [4.69, 9.17) is 10.5 Å². The number of nitrogens with zero attached hydrogens (tertiary/aromatic N) is 4. The van der Waals surface area contributed by atoms with Crippen molar-refractivity contribution in [3.05, 3.63) is 64.2 Å². The Morgan fingerprint density at radius 1 is 1.11 bits per heavy atom. The Labute approximate surface area is 158 Å². The number of pyridine rings is 1. The fourth-order valence-corrected chi connectivity index (χ4v) is 2.86. The minimum absolute atomic E-state index is 0.0902. The zero-order valence-corrected chi connectivity index (χ0v) is 15.1. The van der Waals surface area contributed by atoms with Gasteiger partial charge < -0.3 is 15.5 Å². The Balaban J connectivity index is 2.03. The third-order valence-corrected chi connectivity index (χ3v) is 4.22. The van der Waals surface area contributed by atoms with Crippen LogP contribution in [-0.4, -0.2) is 37.5 Å². The quantitative estimate of drug-likeness (QED) is 0.556. The van der Waals surface area contributed by atoms with Crippen molar-refractivity contribution in [2.75, 3.05) is 7.11 Å². The number of ether oxygens (including phenoxy) is 1. The first-order valence-electron chi connectivity index (χ1n) is 8.39. The Hall–Kier alpha value is -4.01. The number of rotatable bonds is 4. The van der Waals surface area contributed by atoms with E-state index >= 15 is 0 Å². The Kier molecular flexibility index (Phi) is 4.11. The molecule has 0 saturated heterocycles. The van der Waals surface area contributed by atoms with E-state index in [1.165, 1.54) is 11.7 Å². The molecule has 0 radical (unpaired) electrons. The maximum atomic E-state index is 12.6. The topological polar surface area (TPSA) is 129 Å². The van der Waals surface area contributed by atoms with Gasteiger partial charge in [0.1, 0.15) is 11.2 Å². The highest BCUT2D eigenvalue weighted by molar-refractivity contribution is 6.02. The van der Waals surface area contributed by atoms with E-state index in [9.17, 15) is 9.59 Å². The average molecular weight is 376 g/mol. The van der Waals surface area contributed by atoms with E-state index in [0.717, 1.165) is 5.56 Å². The van der Waals surface area contributed by atoms with E-state index in [1.807, 2.05) is 19.1 Å². The van der Waals surface area contributed by atoms with Crippen LogP contribution in [0.15, 0.2) is 47.3 Å². The van der Waals surface area contributed by atoms with Crippen LogP contribution in [0.2, 0.25) is 0 Å². The van der Waals surface area contributed by atoms with Gasteiger partial charge in [0.25, 0.3) is 5.91 Å². The molecular weight excluding hydrogens is 360 g/mol. The van der Waals surface area contributed by atoms with Crippen molar-refractivity contribution >= 4 is 17.1 Å². The number of hydrogen-bond acceptors (Lipinski definition) is 6. The minimum atomic E-state index is -0.783. The summed E-state index contributed by atoms with van der Waals surface area (Å²) in [6, 6.07) is 12.4. The van der Waals surface area contributed by atoms with Gasteiger partial charge in [-0.1, -0.05) is 23.8 Å². The van der Waals surface area contributed by atoms with Crippen LogP contribution < -0.4 is 16.2 Å². The van der Waals surface area contributed by atoms with Crippen molar-refractivity contribution in [1.29, 1.82) is 0 Å². The van der Waals surface area contributed by atoms with Crippen LogP contribution in [0.25, 0.3) is 28.4 Å². The largest absolute Gasteiger partial charge is 0.481 e. The minimum Gasteiger partial charge on any atom is -0.481 e. The molecule has 0 aliphatic heterocycles. The number of aromatic amines is 1. The lowest BCUT2D eigenvalue weighted by molar-refractivity contribution is 0.0997. The molecule has 9 heteroatoms. The maximum absolute atomic E-state index is 12.6. The molecule has 28 heavy (non-hydrogen) atoms. The Morgan fingerprint density at radius 2 is 1.86 bits per heavy atom. The number of H-pyrrole nitrogens is 1. The summed E-state index contributed by atoms with van der Waals surface area (Å²) in [5.41, 5.74) is 7.38. The second-order valence-electron chi connectivity index (χ2n) is 6.12. The lowest BCUT2D eigenvalue weighted by atomic mass is 10.2. The van der Waals surface area contributed by atoms with Gasteiger partial charge in [0.15, 0.2) is 17.2 Å². The average Bonchev–Trinajstić information content (AvgIpc) is 3.03. The molecule has 0 aliphatic carbocycles. The highest BCUT2D eigenvalue weighted by Crippen LogP contribution is 2.22. The number of benzene rings is 1. The summed E-state index contributed by atoms with van der Waals surface area (Å²) >= 11 is 0. The molecule has 0 atom stereocenters. The molecule has 3 N–H and O–H groups in total. The first kappa shape index (κ1) is 17.4. The molecule has 0 aliphatic rings. The predicted molar refractivity (Wildman–Crippen MR) is 103 cm³/mol. The van der Waals surface area contributed by atoms with Crippen LogP contribution in [0, 0.1) is 6.92 Å². The molecule has 0 bridgehead atoms. The number of carbonyl (C=O) groups is 1. The molecule has 0 spiro atoms. The third kappa shape index (κ3) is 2.88. The molecular formula is C19H16N6O3. The lowest BCUT2D eigenvalue weighted by Crippen LogP contribution is -2.15. The summed E-state index contributed by atoms with van der Waals surface area (Å²) in [7, 11) is 1.49. The fraction of sp³-hybridized carbons (Fsp3) is 0.105. The van der Waals surface area contributed by atoms with Gasteiger partial charge in [0.05, 0.1) is 12.8 Å². The molecule has 4 rings (SSSR count). The van der Waals surface area contributed by atoms with Gasteiger partial charge in [0, 0.05) is 6.07 Å². The highest BCUT2D eigenvalue weighted by atomic mass is 16.5. The second-order valence-corrected chi connectivity index (χ2v) is 6.12. The number of nitrogens with one attached hydrogen (secondary N) is 1. The lowest BCUT2D eigenvalue weighted by Gasteiger charge is -2.07. The highest BCUT2D eigenvalue weighted by Gasteiger charge is 2.20. The van der Waals surface area contributed by atoms with E-state index in [1.54, 1.807) is 30.3 Å². The summed E-state index contributed by atoms with van der Waals surface area (Å²) in [6.07, 6.45) is 0. The first-order chi connectivity index (χ1) is 13.5. The van der Waals surface area contributed by atoms with Crippen molar-refractivity contribution < 1.29 is 9.53 Å². The van der Waals surface area contributed by atoms with Crippen molar-refractivity contribution in [1.82, 2.24) is 24.5 Å². The Morgan fingerprint density at radius 3 is 2.54 bits per heavy atom. The van der Waals surface area contributed by atoms with Crippen LogP contribution in [-0.2, 0) is 0 Å². The number of imidazole rings is 1. The maximum Gasteiger partial charge on any atom is 0.332 e. The van der Waals surface area contributed by atoms with Crippen LogP contribution in [0.5, 0.6) is 5.88 Å². The zero-order chi connectivity index (χ0) is 19.8.